The Bertz CT molecular complexity index is 551. The van der Waals surface area contributed by atoms with Crippen molar-refractivity contribution >= 4 is 5.91 Å². The van der Waals surface area contributed by atoms with Crippen molar-refractivity contribution in [3.63, 3.8) is 0 Å². The summed E-state index contributed by atoms with van der Waals surface area (Å²) >= 11 is 0. The Labute approximate surface area is 104 Å². The van der Waals surface area contributed by atoms with Crippen molar-refractivity contribution in [2.24, 2.45) is 5.73 Å². The lowest BCUT2D eigenvalue weighted by molar-refractivity contribution is -0.118. The van der Waals surface area contributed by atoms with Crippen LogP contribution in [0.4, 0.5) is 0 Å². The summed E-state index contributed by atoms with van der Waals surface area (Å²) in [6.07, 6.45) is 0.533. The lowest BCUT2D eigenvalue weighted by Crippen LogP contribution is -2.11. The van der Waals surface area contributed by atoms with Gasteiger partial charge >= 0.3 is 0 Å². The van der Waals surface area contributed by atoms with Crippen molar-refractivity contribution in [1.29, 1.82) is 0 Å². The number of rotatable bonds is 5. The molecule has 1 aromatic carbocycles. The standard InChI is InChI=1S/C12H13N3O3/c1-17-9-5-3-2-4-8(9)12-14-11(18-15-12)7-6-10(13)16/h2-5H,6-7H2,1H3,(H2,13,16). The second-order valence-corrected chi connectivity index (χ2v) is 3.68. The molecule has 2 N–H and O–H groups in total. The summed E-state index contributed by atoms with van der Waals surface area (Å²) in [5, 5.41) is 3.85. The van der Waals surface area contributed by atoms with Gasteiger partial charge in [0.05, 0.1) is 12.7 Å². The van der Waals surface area contributed by atoms with E-state index in [-0.39, 0.29) is 6.42 Å². The van der Waals surface area contributed by atoms with Crippen LogP contribution in [0.1, 0.15) is 12.3 Å². The third kappa shape index (κ3) is 2.65. The first-order valence-corrected chi connectivity index (χ1v) is 5.45. The van der Waals surface area contributed by atoms with E-state index in [1.165, 1.54) is 0 Å². The molecule has 6 heteroatoms. The van der Waals surface area contributed by atoms with Gasteiger partial charge in [-0.05, 0) is 12.1 Å². The molecule has 0 saturated heterocycles. The van der Waals surface area contributed by atoms with Crippen LogP contribution in [-0.4, -0.2) is 23.2 Å². The van der Waals surface area contributed by atoms with Gasteiger partial charge in [0, 0.05) is 12.8 Å². The number of aryl methyl sites for hydroxylation is 1. The fourth-order valence-electron chi connectivity index (χ4n) is 1.53. The van der Waals surface area contributed by atoms with E-state index in [1.807, 2.05) is 24.3 Å². The monoisotopic (exact) mass is 247 g/mol. The number of carbonyl (C=O) groups excluding carboxylic acids is 1. The Kier molecular flexibility index (Phi) is 3.57. The first kappa shape index (κ1) is 12.1. The number of methoxy groups -OCH3 is 1. The van der Waals surface area contributed by atoms with Crippen molar-refractivity contribution in [3.8, 4) is 17.1 Å². The summed E-state index contributed by atoms with van der Waals surface area (Å²) < 4.78 is 10.3. The van der Waals surface area contributed by atoms with Crippen LogP contribution >= 0.6 is 0 Å². The summed E-state index contributed by atoms with van der Waals surface area (Å²) in [6, 6.07) is 7.37. The molecule has 18 heavy (non-hydrogen) atoms. The number of ether oxygens (including phenoxy) is 1. The third-order valence-electron chi connectivity index (χ3n) is 2.40. The number of nitrogens with two attached hydrogens (primary N) is 1. The number of aromatic nitrogens is 2. The number of hydrogen-bond acceptors (Lipinski definition) is 5. The minimum Gasteiger partial charge on any atom is -0.496 e. The second kappa shape index (κ2) is 5.31. The van der Waals surface area contributed by atoms with Crippen LogP contribution in [-0.2, 0) is 11.2 Å². The highest BCUT2D eigenvalue weighted by molar-refractivity contribution is 5.73. The van der Waals surface area contributed by atoms with Crippen LogP contribution in [0.2, 0.25) is 0 Å². The number of carbonyl (C=O) groups is 1. The molecule has 0 fully saturated rings. The maximum absolute atomic E-state index is 10.7. The van der Waals surface area contributed by atoms with Crippen molar-refractivity contribution < 1.29 is 14.1 Å². The topological polar surface area (TPSA) is 91.2 Å². The third-order valence-corrected chi connectivity index (χ3v) is 2.40. The number of primary amides is 1. The Morgan fingerprint density at radius 2 is 2.22 bits per heavy atom. The molecule has 0 bridgehead atoms. The van der Waals surface area contributed by atoms with E-state index in [0.29, 0.717) is 23.9 Å². The predicted molar refractivity (Wildman–Crippen MR) is 63.8 cm³/mol. The summed E-state index contributed by atoms with van der Waals surface area (Å²) in [4.78, 5) is 14.9. The lowest BCUT2D eigenvalue weighted by atomic mass is 10.2. The van der Waals surface area contributed by atoms with E-state index in [9.17, 15) is 4.79 Å². The number of amides is 1. The molecule has 94 valence electrons. The summed E-state index contributed by atoms with van der Waals surface area (Å²) in [5.41, 5.74) is 5.80. The number of nitrogens with zero attached hydrogens (tertiary/aromatic N) is 2. The van der Waals surface area contributed by atoms with Gasteiger partial charge in [-0.1, -0.05) is 17.3 Å². The number of benzene rings is 1. The van der Waals surface area contributed by atoms with Crippen LogP contribution in [0.15, 0.2) is 28.8 Å². The van der Waals surface area contributed by atoms with Crippen LogP contribution in [0.5, 0.6) is 5.75 Å². The molecule has 0 saturated carbocycles. The molecule has 1 amide bonds. The molecule has 0 atom stereocenters. The van der Waals surface area contributed by atoms with Gasteiger partial charge in [-0.25, -0.2) is 0 Å². The molecule has 0 unspecified atom stereocenters. The largest absolute Gasteiger partial charge is 0.496 e. The molecule has 2 rings (SSSR count). The minimum absolute atomic E-state index is 0.188. The van der Waals surface area contributed by atoms with Gasteiger partial charge in [0.1, 0.15) is 5.75 Å². The van der Waals surface area contributed by atoms with Gasteiger partial charge in [-0.2, -0.15) is 4.98 Å². The molecule has 0 spiro atoms. The Morgan fingerprint density at radius 3 is 2.94 bits per heavy atom. The van der Waals surface area contributed by atoms with Crippen molar-refractivity contribution in [2.75, 3.05) is 7.11 Å². The highest BCUT2D eigenvalue weighted by Crippen LogP contribution is 2.27. The van der Waals surface area contributed by atoms with E-state index in [0.717, 1.165) is 5.56 Å². The Morgan fingerprint density at radius 1 is 1.44 bits per heavy atom. The average molecular weight is 247 g/mol. The van der Waals surface area contributed by atoms with Gasteiger partial charge in [0.25, 0.3) is 0 Å². The lowest BCUT2D eigenvalue weighted by Gasteiger charge is -2.02. The highest BCUT2D eigenvalue weighted by atomic mass is 16.5. The quantitative estimate of drug-likeness (QED) is 0.856. The molecule has 0 radical (unpaired) electrons. The molecular formula is C12H13N3O3. The van der Waals surface area contributed by atoms with E-state index in [4.69, 9.17) is 15.0 Å². The van der Waals surface area contributed by atoms with Crippen LogP contribution in [0.25, 0.3) is 11.4 Å². The predicted octanol–water partition coefficient (Wildman–Crippen LogP) is 1.16. The molecule has 2 aromatic rings. The Balaban J connectivity index is 2.21. The van der Waals surface area contributed by atoms with Gasteiger partial charge in [-0.3, -0.25) is 4.79 Å². The first-order valence-electron chi connectivity index (χ1n) is 5.45. The van der Waals surface area contributed by atoms with Crippen molar-refractivity contribution in [2.45, 2.75) is 12.8 Å². The smallest absolute Gasteiger partial charge is 0.227 e. The molecule has 6 nitrogen and oxygen atoms in total. The summed E-state index contributed by atoms with van der Waals surface area (Å²) in [7, 11) is 1.58. The molecule has 0 aliphatic heterocycles. The number of para-hydroxylation sites is 1. The fraction of sp³-hybridized carbons (Fsp3) is 0.250. The van der Waals surface area contributed by atoms with Crippen LogP contribution in [0, 0.1) is 0 Å². The van der Waals surface area contributed by atoms with Crippen molar-refractivity contribution in [1.82, 2.24) is 10.1 Å². The molecule has 1 heterocycles. The van der Waals surface area contributed by atoms with E-state index < -0.39 is 5.91 Å². The first-order chi connectivity index (χ1) is 8.70. The zero-order valence-corrected chi connectivity index (χ0v) is 9.92. The maximum atomic E-state index is 10.7. The zero-order valence-electron chi connectivity index (χ0n) is 9.92. The van der Waals surface area contributed by atoms with Gasteiger partial charge in [0.15, 0.2) is 0 Å². The van der Waals surface area contributed by atoms with E-state index in [2.05, 4.69) is 10.1 Å². The SMILES string of the molecule is COc1ccccc1-c1noc(CCC(N)=O)n1. The second-order valence-electron chi connectivity index (χ2n) is 3.68. The Hall–Kier alpha value is -2.37. The summed E-state index contributed by atoms with van der Waals surface area (Å²) in [5.74, 6) is 1.09. The van der Waals surface area contributed by atoms with Crippen LogP contribution in [0.3, 0.4) is 0 Å². The van der Waals surface area contributed by atoms with Crippen molar-refractivity contribution in [3.05, 3.63) is 30.2 Å². The molecule has 0 aliphatic carbocycles. The van der Waals surface area contributed by atoms with E-state index >= 15 is 0 Å². The molecule has 0 aliphatic rings. The van der Waals surface area contributed by atoms with Gasteiger partial charge in [-0.15, -0.1) is 0 Å². The van der Waals surface area contributed by atoms with E-state index in [1.54, 1.807) is 7.11 Å². The molecule has 1 aromatic heterocycles. The van der Waals surface area contributed by atoms with Gasteiger partial charge < -0.3 is 15.0 Å². The molecular weight excluding hydrogens is 234 g/mol. The van der Waals surface area contributed by atoms with Crippen LogP contribution < -0.4 is 10.5 Å². The fourth-order valence-corrected chi connectivity index (χ4v) is 1.53. The average Bonchev–Trinajstić information content (AvgIpc) is 2.85. The minimum atomic E-state index is -0.396. The highest BCUT2D eigenvalue weighted by Gasteiger charge is 2.12. The summed E-state index contributed by atoms with van der Waals surface area (Å²) in [6.45, 7) is 0. The zero-order chi connectivity index (χ0) is 13.0. The number of hydrogen-bond donors (Lipinski definition) is 1. The maximum Gasteiger partial charge on any atom is 0.227 e. The normalized spacial score (nSPS) is 10.3. The van der Waals surface area contributed by atoms with Gasteiger partial charge in [0.2, 0.25) is 17.6 Å².